The van der Waals surface area contributed by atoms with Gasteiger partial charge in [-0.3, -0.25) is 4.79 Å². The zero-order valence-corrected chi connectivity index (χ0v) is 18.6. The quantitative estimate of drug-likeness (QED) is 0.278. The fourth-order valence-corrected chi connectivity index (χ4v) is 2.37. The van der Waals surface area contributed by atoms with Crippen LogP contribution in [-0.4, -0.2) is 18.5 Å². The Balaban J connectivity index is -0.00000156. The molecule has 0 bridgehead atoms. The highest BCUT2D eigenvalue weighted by Crippen LogP contribution is 2.14. The third-order valence-electron chi connectivity index (χ3n) is 3.75. The Morgan fingerprint density at radius 2 is 1.25 bits per heavy atom. The number of carbonyl (C=O) groups is 1. The molecule has 1 atom stereocenters. The van der Waals surface area contributed by atoms with E-state index >= 15 is 0 Å². The molecular weight excluding hydrogens is 444 g/mol. The summed E-state index contributed by atoms with van der Waals surface area (Å²) in [5, 5.41) is 6.48. The van der Waals surface area contributed by atoms with Crippen LogP contribution >= 0.6 is 49.6 Å². The number of hydrogen-bond acceptors (Lipinski definition) is 5. The van der Waals surface area contributed by atoms with Gasteiger partial charge in [0.2, 0.25) is 5.91 Å². The maximum absolute atomic E-state index is 11.6. The summed E-state index contributed by atoms with van der Waals surface area (Å²) in [5.74, 6) is -0.349. The number of benzene rings is 2. The van der Waals surface area contributed by atoms with Gasteiger partial charge < -0.3 is 27.8 Å². The lowest BCUT2D eigenvalue weighted by atomic mass is 10.1. The molecule has 1 unspecified atom stereocenters. The van der Waals surface area contributed by atoms with Crippen LogP contribution in [0.25, 0.3) is 0 Å². The van der Waals surface area contributed by atoms with Gasteiger partial charge in [-0.05, 0) is 67.8 Å². The molecule has 0 aliphatic carbocycles. The lowest BCUT2D eigenvalue weighted by molar-refractivity contribution is -0.118. The van der Waals surface area contributed by atoms with Crippen molar-refractivity contribution in [2.24, 2.45) is 5.73 Å². The topological polar surface area (TPSA) is 119 Å². The summed E-state index contributed by atoms with van der Waals surface area (Å²) in [6, 6.07) is 14.5. The molecule has 160 valence electrons. The molecule has 0 spiro atoms. The molecule has 0 aromatic heterocycles. The average Bonchev–Trinajstić information content (AvgIpc) is 2.57. The third kappa shape index (κ3) is 11.2. The van der Waals surface area contributed by atoms with Gasteiger partial charge in [-0.2, -0.15) is 0 Å². The molecule has 2 aromatic carbocycles. The number of rotatable bonds is 9. The summed E-state index contributed by atoms with van der Waals surface area (Å²) in [4.78, 5) is 11.6. The largest absolute Gasteiger partial charge is 0.399 e. The minimum absolute atomic E-state index is 0. The Kier molecular flexibility index (Phi) is 18.0. The number of nitrogens with two attached hydrogens (primary N) is 3. The van der Waals surface area contributed by atoms with Crippen LogP contribution < -0.4 is 27.8 Å². The minimum atomic E-state index is -0.384. The molecule has 2 rings (SSSR count). The van der Waals surface area contributed by atoms with Gasteiger partial charge in [0.05, 0.1) is 0 Å². The van der Waals surface area contributed by atoms with Crippen LogP contribution in [0.1, 0.15) is 19.3 Å². The van der Waals surface area contributed by atoms with Crippen molar-refractivity contribution in [2.45, 2.75) is 25.3 Å². The number of anilines is 4. The first kappa shape index (κ1) is 31.0. The van der Waals surface area contributed by atoms with Gasteiger partial charge in [0.1, 0.15) is 6.04 Å². The summed E-state index contributed by atoms with van der Waals surface area (Å²) in [6.07, 6.45) is 2.51. The lowest BCUT2D eigenvalue weighted by Crippen LogP contribution is -2.35. The number of halogens is 4. The zero-order chi connectivity index (χ0) is 17.4. The van der Waals surface area contributed by atoms with Crippen molar-refractivity contribution in [3.63, 3.8) is 0 Å². The monoisotopic (exact) mass is 471 g/mol. The van der Waals surface area contributed by atoms with E-state index in [2.05, 4.69) is 10.6 Å². The van der Waals surface area contributed by atoms with Gasteiger partial charge in [-0.15, -0.1) is 49.6 Å². The molecule has 10 heteroatoms. The second-order valence-electron chi connectivity index (χ2n) is 5.77. The first-order chi connectivity index (χ1) is 11.5. The molecule has 1 amide bonds. The zero-order valence-electron chi connectivity index (χ0n) is 15.3. The van der Waals surface area contributed by atoms with Gasteiger partial charge >= 0.3 is 0 Å². The van der Waals surface area contributed by atoms with E-state index in [1.54, 1.807) is 12.1 Å². The van der Waals surface area contributed by atoms with Gasteiger partial charge in [-0.1, -0.05) is 0 Å². The van der Waals surface area contributed by atoms with Crippen LogP contribution in [0.4, 0.5) is 22.7 Å². The number of nitrogens with one attached hydrogen (secondary N) is 2. The molecule has 0 aliphatic rings. The molecule has 0 saturated carbocycles. The van der Waals surface area contributed by atoms with Crippen molar-refractivity contribution in [1.29, 1.82) is 0 Å². The van der Waals surface area contributed by atoms with Crippen LogP contribution in [-0.2, 0) is 4.79 Å². The van der Waals surface area contributed by atoms with Crippen molar-refractivity contribution < 1.29 is 4.79 Å². The molecular formula is C18H29Cl4N5O. The van der Waals surface area contributed by atoms with Crippen LogP contribution in [0, 0.1) is 0 Å². The van der Waals surface area contributed by atoms with E-state index in [-0.39, 0.29) is 61.6 Å². The maximum atomic E-state index is 11.6. The van der Waals surface area contributed by atoms with Crippen LogP contribution in [0.2, 0.25) is 0 Å². The summed E-state index contributed by atoms with van der Waals surface area (Å²) in [5.41, 5.74) is 20.1. The standard InChI is InChI=1S/C18H25N5O.4ClH/c19-13-4-8-15(9-5-13)22-12-2-1-3-17(18(21)24)23-16-10-6-14(20)7-11-16;;;;/h4-11,17,22-23H,1-3,12,19-20H2,(H2,21,24);4*1H. The second-order valence-corrected chi connectivity index (χ2v) is 5.77. The van der Waals surface area contributed by atoms with Crippen molar-refractivity contribution >= 4 is 78.3 Å². The van der Waals surface area contributed by atoms with E-state index in [9.17, 15) is 4.79 Å². The minimum Gasteiger partial charge on any atom is -0.399 e. The highest BCUT2D eigenvalue weighted by atomic mass is 35.5. The Morgan fingerprint density at radius 1 is 0.786 bits per heavy atom. The van der Waals surface area contributed by atoms with Crippen LogP contribution in [0.5, 0.6) is 0 Å². The van der Waals surface area contributed by atoms with Crippen LogP contribution in [0.3, 0.4) is 0 Å². The number of nitrogen functional groups attached to an aromatic ring is 2. The van der Waals surface area contributed by atoms with Gasteiger partial charge in [0.25, 0.3) is 0 Å². The van der Waals surface area contributed by atoms with E-state index in [4.69, 9.17) is 17.2 Å². The molecule has 8 N–H and O–H groups in total. The van der Waals surface area contributed by atoms with E-state index in [1.165, 1.54) is 0 Å². The Hall–Kier alpha value is -1.73. The fourth-order valence-electron chi connectivity index (χ4n) is 2.37. The molecule has 2 aromatic rings. The average molecular weight is 473 g/mol. The predicted molar refractivity (Wildman–Crippen MR) is 130 cm³/mol. The van der Waals surface area contributed by atoms with E-state index in [1.807, 2.05) is 36.4 Å². The van der Waals surface area contributed by atoms with Crippen LogP contribution in [0.15, 0.2) is 48.5 Å². The molecule has 0 fully saturated rings. The van der Waals surface area contributed by atoms with E-state index in [0.717, 1.165) is 36.4 Å². The molecule has 0 aliphatic heterocycles. The highest BCUT2D eigenvalue weighted by molar-refractivity contribution is 5.86. The molecule has 0 radical (unpaired) electrons. The Morgan fingerprint density at radius 3 is 1.71 bits per heavy atom. The molecule has 0 saturated heterocycles. The first-order valence-corrected chi connectivity index (χ1v) is 8.05. The van der Waals surface area contributed by atoms with E-state index < -0.39 is 0 Å². The molecule has 0 heterocycles. The summed E-state index contributed by atoms with van der Waals surface area (Å²) >= 11 is 0. The maximum Gasteiger partial charge on any atom is 0.239 e. The number of carbonyl (C=O) groups excluding carboxylic acids is 1. The number of amides is 1. The van der Waals surface area contributed by atoms with Gasteiger partial charge in [-0.25, -0.2) is 0 Å². The van der Waals surface area contributed by atoms with Gasteiger partial charge in [0.15, 0.2) is 0 Å². The summed E-state index contributed by atoms with van der Waals surface area (Å²) < 4.78 is 0. The van der Waals surface area contributed by atoms with Gasteiger partial charge in [0, 0.05) is 29.3 Å². The SMILES string of the molecule is Cl.Cl.Cl.Cl.NC(=O)C(CCCCNc1ccc(N)cc1)Nc1ccc(N)cc1. The van der Waals surface area contributed by atoms with Crippen molar-refractivity contribution in [2.75, 3.05) is 28.6 Å². The third-order valence-corrected chi connectivity index (χ3v) is 3.75. The first-order valence-electron chi connectivity index (χ1n) is 8.05. The fraction of sp³-hybridized carbons (Fsp3) is 0.278. The molecule has 6 nitrogen and oxygen atoms in total. The smallest absolute Gasteiger partial charge is 0.239 e. The Bertz CT molecular complexity index is 656. The number of hydrogen-bond donors (Lipinski definition) is 5. The number of primary amides is 1. The normalized spacial score (nSPS) is 10.0. The Labute approximate surface area is 191 Å². The number of unbranched alkanes of at least 4 members (excludes halogenated alkanes) is 1. The lowest BCUT2D eigenvalue weighted by Gasteiger charge is -2.17. The second kappa shape index (κ2) is 16.2. The molecule has 28 heavy (non-hydrogen) atoms. The predicted octanol–water partition coefficient (Wildman–Crippen LogP) is 4.09. The van der Waals surface area contributed by atoms with Crippen molar-refractivity contribution in [1.82, 2.24) is 0 Å². The summed E-state index contributed by atoms with van der Waals surface area (Å²) in [6.45, 7) is 0.831. The summed E-state index contributed by atoms with van der Waals surface area (Å²) in [7, 11) is 0. The highest BCUT2D eigenvalue weighted by Gasteiger charge is 2.14. The van der Waals surface area contributed by atoms with E-state index in [0.29, 0.717) is 12.1 Å². The van der Waals surface area contributed by atoms with Crippen molar-refractivity contribution in [3.05, 3.63) is 48.5 Å². The van der Waals surface area contributed by atoms with Crippen molar-refractivity contribution in [3.8, 4) is 0 Å².